The fourth-order valence-corrected chi connectivity index (χ4v) is 4.34. The summed E-state index contributed by atoms with van der Waals surface area (Å²) in [7, 11) is 0. The number of nitrogens with two attached hydrogens (primary N) is 1. The molecule has 0 aliphatic heterocycles. The van der Waals surface area contributed by atoms with Crippen LogP contribution in [-0.4, -0.2) is 29.8 Å². The molecule has 1 aromatic carbocycles. The van der Waals surface area contributed by atoms with E-state index in [0.717, 1.165) is 45.9 Å². The molecular formula is C17H23Br2N3O5. The molecular weight excluding hydrogens is 486 g/mol. The third-order valence-corrected chi connectivity index (χ3v) is 5.57. The second-order valence-corrected chi connectivity index (χ2v) is 8.24. The van der Waals surface area contributed by atoms with Crippen LogP contribution >= 0.6 is 31.9 Å². The van der Waals surface area contributed by atoms with E-state index in [9.17, 15) is 14.9 Å². The van der Waals surface area contributed by atoms with E-state index in [-0.39, 0.29) is 31.5 Å². The maximum atomic E-state index is 11.8. The number of hydrogen-bond donors (Lipinski definition) is 2. The van der Waals surface area contributed by atoms with E-state index in [1.54, 1.807) is 0 Å². The zero-order valence-corrected chi connectivity index (χ0v) is 18.0. The molecule has 0 unspecified atom stereocenters. The third kappa shape index (κ3) is 7.63. The first-order valence-electron chi connectivity index (χ1n) is 8.78. The van der Waals surface area contributed by atoms with Gasteiger partial charge in [0.15, 0.2) is 0 Å². The first kappa shape index (κ1) is 21.9. The Morgan fingerprint density at radius 1 is 1.30 bits per heavy atom. The van der Waals surface area contributed by atoms with Crippen LogP contribution in [0.3, 0.4) is 0 Å². The van der Waals surface area contributed by atoms with Crippen LogP contribution in [0.2, 0.25) is 0 Å². The van der Waals surface area contributed by atoms with E-state index in [1.165, 1.54) is 0 Å². The van der Waals surface area contributed by atoms with Crippen LogP contribution < -0.4 is 11.1 Å². The minimum absolute atomic E-state index is 0.0860. The Bertz CT molecular complexity index is 666. The largest absolute Gasteiger partial charge is 0.462 e. The first-order chi connectivity index (χ1) is 12.8. The van der Waals surface area contributed by atoms with Crippen molar-refractivity contribution in [2.45, 2.75) is 57.2 Å². The van der Waals surface area contributed by atoms with Gasteiger partial charge in [-0.25, -0.2) is 0 Å². The Hall–Kier alpha value is -1.39. The average Bonchev–Trinajstić information content (AvgIpc) is 2.61. The molecule has 1 aromatic rings. The first-order valence-corrected chi connectivity index (χ1v) is 10.4. The van der Waals surface area contributed by atoms with Crippen molar-refractivity contribution in [3.05, 3.63) is 36.8 Å². The van der Waals surface area contributed by atoms with Crippen LogP contribution in [0.15, 0.2) is 21.1 Å². The van der Waals surface area contributed by atoms with Crippen LogP contribution in [0.4, 0.5) is 5.69 Å². The highest BCUT2D eigenvalue weighted by atomic mass is 79.9. The van der Waals surface area contributed by atoms with Crippen molar-refractivity contribution in [2.75, 3.05) is 12.3 Å². The predicted octanol–water partition coefficient (Wildman–Crippen LogP) is 3.73. The number of halogens is 2. The van der Waals surface area contributed by atoms with E-state index in [4.69, 9.17) is 10.5 Å². The topological polar surface area (TPSA) is 117 Å². The van der Waals surface area contributed by atoms with Gasteiger partial charge < -0.3 is 20.6 Å². The summed E-state index contributed by atoms with van der Waals surface area (Å²) in [6.45, 7) is 0.586. The lowest BCUT2D eigenvalue weighted by atomic mass is 9.92. The highest BCUT2D eigenvalue weighted by Gasteiger charge is 2.23. The van der Waals surface area contributed by atoms with E-state index in [0.29, 0.717) is 12.6 Å². The molecule has 0 heterocycles. The molecule has 1 fully saturated rings. The van der Waals surface area contributed by atoms with Gasteiger partial charge >= 0.3 is 5.97 Å². The molecule has 0 aromatic heterocycles. The molecule has 1 saturated carbocycles. The van der Waals surface area contributed by atoms with Gasteiger partial charge in [-0.15, -0.1) is 10.1 Å². The van der Waals surface area contributed by atoms with Gasteiger partial charge in [0.1, 0.15) is 6.10 Å². The Labute approximate surface area is 174 Å². The fraction of sp³-hybridized carbons (Fsp3) is 0.588. The second kappa shape index (κ2) is 10.8. The lowest BCUT2D eigenvalue weighted by Gasteiger charge is -2.29. The predicted molar refractivity (Wildman–Crippen MR) is 107 cm³/mol. The number of benzene rings is 1. The molecule has 0 radical (unpaired) electrons. The number of hydrogen-bond acceptors (Lipinski definition) is 7. The van der Waals surface area contributed by atoms with Gasteiger partial charge in [-0.2, -0.15) is 0 Å². The van der Waals surface area contributed by atoms with Crippen LogP contribution in [0.25, 0.3) is 0 Å². The average molecular weight is 509 g/mol. The molecule has 1 aliphatic carbocycles. The van der Waals surface area contributed by atoms with E-state index < -0.39 is 5.09 Å². The number of anilines is 1. The molecule has 10 heteroatoms. The summed E-state index contributed by atoms with van der Waals surface area (Å²) in [5.41, 5.74) is 7.86. The quantitative estimate of drug-likeness (QED) is 0.171. The molecule has 0 spiro atoms. The van der Waals surface area contributed by atoms with Crippen molar-refractivity contribution < 1.29 is 19.5 Å². The van der Waals surface area contributed by atoms with Crippen molar-refractivity contribution in [3.8, 4) is 0 Å². The van der Waals surface area contributed by atoms with Gasteiger partial charge in [-0.1, -0.05) is 15.9 Å². The fourth-order valence-electron chi connectivity index (χ4n) is 3.02. The summed E-state index contributed by atoms with van der Waals surface area (Å²) in [6.07, 6.45) is 3.74. The normalized spacial score (nSPS) is 19.5. The minimum Gasteiger partial charge on any atom is -0.462 e. The summed E-state index contributed by atoms with van der Waals surface area (Å²) in [6, 6.07) is 4.27. The zero-order valence-electron chi connectivity index (χ0n) is 14.8. The summed E-state index contributed by atoms with van der Waals surface area (Å²) in [5.74, 6) is -0.329. The molecule has 150 valence electrons. The molecule has 2 rings (SSSR count). The Morgan fingerprint density at radius 3 is 2.67 bits per heavy atom. The number of rotatable bonds is 9. The van der Waals surface area contributed by atoms with E-state index >= 15 is 0 Å². The van der Waals surface area contributed by atoms with Gasteiger partial charge in [0.25, 0.3) is 5.09 Å². The summed E-state index contributed by atoms with van der Waals surface area (Å²) in [5, 5.41) is 12.7. The highest BCUT2D eigenvalue weighted by Crippen LogP contribution is 2.29. The van der Waals surface area contributed by atoms with Gasteiger partial charge in [-0.3, -0.25) is 4.79 Å². The molecule has 3 N–H and O–H groups in total. The van der Waals surface area contributed by atoms with Crippen molar-refractivity contribution >= 4 is 43.5 Å². The number of carbonyl (C=O) groups excluding carboxylic acids is 1. The van der Waals surface area contributed by atoms with Crippen molar-refractivity contribution in [1.82, 2.24) is 5.32 Å². The lowest BCUT2D eigenvalue weighted by Crippen LogP contribution is -2.35. The molecule has 27 heavy (non-hydrogen) atoms. The zero-order chi connectivity index (χ0) is 19.8. The van der Waals surface area contributed by atoms with Gasteiger partial charge in [0.2, 0.25) is 0 Å². The minimum atomic E-state index is -0.861. The summed E-state index contributed by atoms with van der Waals surface area (Å²) < 4.78 is 7.28. The standard InChI is InChI=1S/C17H23Br2N3O5/c18-12-8-11(17(20)15(19)9-12)10-21-13-3-5-14(6-4-13)27-16(23)2-1-7-26-22(24)25/h8-9,13-14,21H,1-7,10,20H2. The molecule has 0 saturated heterocycles. The Morgan fingerprint density at radius 2 is 2.00 bits per heavy atom. The van der Waals surface area contributed by atoms with E-state index in [1.807, 2.05) is 12.1 Å². The van der Waals surface area contributed by atoms with Crippen molar-refractivity contribution in [1.29, 1.82) is 0 Å². The number of carbonyl (C=O) groups is 1. The van der Waals surface area contributed by atoms with Crippen LogP contribution in [0.5, 0.6) is 0 Å². The Kier molecular flexibility index (Phi) is 8.78. The number of nitrogen functional groups attached to an aromatic ring is 1. The van der Waals surface area contributed by atoms with Crippen molar-refractivity contribution in [2.24, 2.45) is 0 Å². The van der Waals surface area contributed by atoms with Crippen LogP contribution in [-0.2, 0) is 20.9 Å². The van der Waals surface area contributed by atoms with Gasteiger partial charge in [0.05, 0.1) is 12.3 Å². The second-order valence-electron chi connectivity index (χ2n) is 6.47. The molecule has 0 amide bonds. The molecule has 0 bridgehead atoms. The Balaban J connectivity index is 1.67. The summed E-state index contributed by atoms with van der Waals surface area (Å²) in [4.78, 5) is 26.0. The van der Waals surface area contributed by atoms with Gasteiger partial charge in [0, 0.05) is 28.0 Å². The number of esters is 1. The van der Waals surface area contributed by atoms with Crippen molar-refractivity contribution in [3.63, 3.8) is 0 Å². The van der Waals surface area contributed by atoms with E-state index in [2.05, 4.69) is 42.0 Å². The van der Waals surface area contributed by atoms with Crippen LogP contribution in [0, 0.1) is 10.1 Å². The smallest absolute Gasteiger partial charge is 0.306 e. The molecule has 0 atom stereocenters. The monoisotopic (exact) mass is 507 g/mol. The van der Waals surface area contributed by atoms with Crippen LogP contribution in [0.1, 0.15) is 44.1 Å². The number of ether oxygens (including phenoxy) is 1. The number of nitrogens with one attached hydrogen (secondary N) is 1. The molecule has 1 aliphatic rings. The lowest BCUT2D eigenvalue weighted by molar-refractivity contribution is -0.757. The SMILES string of the molecule is Nc1c(Br)cc(Br)cc1CNC1CCC(OC(=O)CCCO[N+](=O)[O-])CC1. The summed E-state index contributed by atoms with van der Waals surface area (Å²) >= 11 is 6.92. The highest BCUT2D eigenvalue weighted by molar-refractivity contribution is 9.11. The molecule has 8 nitrogen and oxygen atoms in total. The maximum Gasteiger partial charge on any atom is 0.306 e. The maximum absolute atomic E-state index is 11.8. The number of nitrogens with zero attached hydrogens (tertiary/aromatic N) is 1. The van der Waals surface area contributed by atoms with Gasteiger partial charge in [-0.05, 0) is 65.7 Å². The third-order valence-electron chi connectivity index (χ3n) is 4.46.